The molecule has 0 unspecified atom stereocenters. The Balaban J connectivity index is 1.76. The Morgan fingerprint density at radius 2 is 2.24 bits per heavy atom. The van der Waals surface area contributed by atoms with Gasteiger partial charge in [0.15, 0.2) is 5.16 Å². The first-order chi connectivity index (χ1) is 10.1. The molecule has 6 nitrogen and oxygen atoms in total. The molecule has 0 bridgehead atoms. The van der Waals surface area contributed by atoms with Gasteiger partial charge in [-0.3, -0.25) is 9.59 Å². The Bertz CT molecular complexity index is 698. The molecule has 0 atom stereocenters. The molecule has 0 fully saturated rings. The summed E-state index contributed by atoms with van der Waals surface area (Å²) in [5.41, 5.74) is 1.41. The van der Waals surface area contributed by atoms with E-state index in [-0.39, 0.29) is 24.1 Å². The molecular formula is C14H14N4O2S. The molecule has 2 amide bonds. The van der Waals surface area contributed by atoms with Crippen LogP contribution in [-0.4, -0.2) is 33.7 Å². The van der Waals surface area contributed by atoms with Gasteiger partial charge in [-0.05, 0) is 12.1 Å². The SMILES string of the molecule is Cn1ccnc1SCC(=O)N1CC(=O)Nc2ccccc21. The third-order valence-corrected chi connectivity index (χ3v) is 4.22. The molecule has 2 heterocycles. The normalized spacial score (nSPS) is 13.8. The van der Waals surface area contributed by atoms with Crippen molar-refractivity contribution in [1.82, 2.24) is 9.55 Å². The fraction of sp³-hybridized carbons (Fsp3) is 0.214. The van der Waals surface area contributed by atoms with Crippen LogP contribution in [0.4, 0.5) is 11.4 Å². The lowest BCUT2D eigenvalue weighted by Crippen LogP contribution is -2.43. The molecule has 108 valence electrons. The van der Waals surface area contributed by atoms with E-state index >= 15 is 0 Å². The van der Waals surface area contributed by atoms with Gasteiger partial charge in [0.05, 0.1) is 17.1 Å². The molecule has 0 aliphatic carbocycles. The molecule has 1 aliphatic rings. The van der Waals surface area contributed by atoms with Crippen LogP contribution in [0.2, 0.25) is 0 Å². The summed E-state index contributed by atoms with van der Waals surface area (Å²) in [7, 11) is 1.88. The highest BCUT2D eigenvalue weighted by molar-refractivity contribution is 7.99. The fourth-order valence-electron chi connectivity index (χ4n) is 2.15. The van der Waals surface area contributed by atoms with Crippen LogP contribution in [0.5, 0.6) is 0 Å². The average molecular weight is 302 g/mol. The summed E-state index contributed by atoms with van der Waals surface area (Å²) < 4.78 is 1.86. The van der Waals surface area contributed by atoms with E-state index in [1.165, 1.54) is 16.7 Å². The van der Waals surface area contributed by atoms with Gasteiger partial charge in [-0.2, -0.15) is 0 Å². The number of nitrogens with zero attached hydrogens (tertiary/aromatic N) is 3. The number of amides is 2. The van der Waals surface area contributed by atoms with Gasteiger partial charge in [0.25, 0.3) is 0 Å². The van der Waals surface area contributed by atoms with Crippen molar-refractivity contribution in [3.8, 4) is 0 Å². The summed E-state index contributed by atoms with van der Waals surface area (Å²) in [5, 5.41) is 3.54. The molecule has 3 rings (SSSR count). The van der Waals surface area contributed by atoms with Crippen molar-refractivity contribution < 1.29 is 9.59 Å². The van der Waals surface area contributed by atoms with E-state index in [4.69, 9.17) is 0 Å². The van der Waals surface area contributed by atoms with Gasteiger partial charge in [-0.25, -0.2) is 4.98 Å². The van der Waals surface area contributed by atoms with Crippen LogP contribution >= 0.6 is 11.8 Å². The first-order valence-corrected chi connectivity index (χ1v) is 7.43. The Morgan fingerprint density at radius 3 is 3.00 bits per heavy atom. The van der Waals surface area contributed by atoms with Crippen LogP contribution in [0, 0.1) is 0 Å². The second-order valence-electron chi connectivity index (χ2n) is 4.65. The molecule has 21 heavy (non-hydrogen) atoms. The molecule has 0 saturated heterocycles. The lowest BCUT2D eigenvalue weighted by atomic mass is 10.2. The largest absolute Gasteiger partial charge is 0.329 e. The smallest absolute Gasteiger partial charge is 0.244 e. The van der Waals surface area contributed by atoms with Gasteiger partial charge in [0, 0.05) is 19.4 Å². The summed E-state index contributed by atoms with van der Waals surface area (Å²) in [4.78, 5) is 29.8. The van der Waals surface area contributed by atoms with Crippen molar-refractivity contribution in [2.75, 3.05) is 22.5 Å². The van der Waals surface area contributed by atoms with E-state index in [1.54, 1.807) is 12.3 Å². The first kappa shape index (κ1) is 13.7. The van der Waals surface area contributed by atoms with Gasteiger partial charge < -0.3 is 14.8 Å². The maximum Gasteiger partial charge on any atom is 0.244 e. The predicted molar refractivity (Wildman–Crippen MR) is 81.4 cm³/mol. The van der Waals surface area contributed by atoms with E-state index in [9.17, 15) is 9.59 Å². The van der Waals surface area contributed by atoms with Crippen LogP contribution in [0.25, 0.3) is 0 Å². The Hall–Kier alpha value is -2.28. The molecular weight excluding hydrogens is 288 g/mol. The number of carbonyl (C=O) groups is 2. The lowest BCUT2D eigenvalue weighted by Gasteiger charge is -2.29. The number of aromatic nitrogens is 2. The standard InChI is InChI=1S/C14H14N4O2S/c1-17-7-6-15-14(17)21-9-13(20)18-8-12(19)16-10-4-2-3-5-11(10)18/h2-7H,8-9H2,1H3,(H,16,19). The summed E-state index contributed by atoms with van der Waals surface area (Å²) in [6.45, 7) is 0.0526. The van der Waals surface area contributed by atoms with E-state index < -0.39 is 0 Å². The van der Waals surface area contributed by atoms with Crippen molar-refractivity contribution in [2.45, 2.75) is 5.16 Å². The summed E-state index contributed by atoms with van der Waals surface area (Å²) >= 11 is 1.36. The van der Waals surface area contributed by atoms with E-state index in [0.29, 0.717) is 5.69 Å². The minimum Gasteiger partial charge on any atom is -0.329 e. The van der Waals surface area contributed by atoms with Crippen LogP contribution in [0.15, 0.2) is 41.8 Å². The molecule has 0 saturated carbocycles. The number of thioether (sulfide) groups is 1. The number of rotatable bonds is 3. The number of hydrogen-bond acceptors (Lipinski definition) is 4. The van der Waals surface area contributed by atoms with E-state index in [0.717, 1.165) is 10.8 Å². The number of benzene rings is 1. The van der Waals surface area contributed by atoms with Crippen molar-refractivity contribution in [1.29, 1.82) is 0 Å². The van der Waals surface area contributed by atoms with Crippen molar-refractivity contribution >= 4 is 35.0 Å². The zero-order chi connectivity index (χ0) is 14.8. The van der Waals surface area contributed by atoms with Gasteiger partial charge in [-0.1, -0.05) is 23.9 Å². The monoisotopic (exact) mass is 302 g/mol. The Labute approximate surface area is 126 Å². The number of nitrogens with one attached hydrogen (secondary N) is 1. The van der Waals surface area contributed by atoms with E-state index in [2.05, 4.69) is 10.3 Å². The highest BCUT2D eigenvalue weighted by atomic mass is 32.2. The third kappa shape index (κ3) is 2.78. The zero-order valence-corrected chi connectivity index (χ0v) is 12.3. The van der Waals surface area contributed by atoms with E-state index in [1.807, 2.05) is 36.0 Å². The molecule has 7 heteroatoms. The van der Waals surface area contributed by atoms with Gasteiger partial charge in [0.2, 0.25) is 11.8 Å². The lowest BCUT2D eigenvalue weighted by molar-refractivity contribution is -0.120. The summed E-state index contributed by atoms with van der Waals surface area (Å²) in [6, 6.07) is 7.30. The maximum atomic E-state index is 12.4. The molecule has 0 radical (unpaired) electrons. The number of hydrogen-bond donors (Lipinski definition) is 1. The average Bonchev–Trinajstić information content (AvgIpc) is 2.89. The topological polar surface area (TPSA) is 67.2 Å². The number of anilines is 2. The number of para-hydroxylation sites is 2. The number of carbonyl (C=O) groups excluding carboxylic acids is 2. The Kier molecular flexibility index (Phi) is 3.66. The Morgan fingerprint density at radius 1 is 1.43 bits per heavy atom. The van der Waals surface area contributed by atoms with Gasteiger partial charge in [0.1, 0.15) is 6.54 Å². The van der Waals surface area contributed by atoms with Crippen LogP contribution < -0.4 is 10.2 Å². The molecule has 0 spiro atoms. The zero-order valence-electron chi connectivity index (χ0n) is 11.4. The summed E-state index contributed by atoms with van der Waals surface area (Å²) in [6.07, 6.45) is 3.52. The van der Waals surface area contributed by atoms with Crippen molar-refractivity contribution in [3.05, 3.63) is 36.7 Å². The minimum atomic E-state index is -0.177. The van der Waals surface area contributed by atoms with Crippen molar-refractivity contribution in [2.24, 2.45) is 7.05 Å². The highest BCUT2D eigenvalue weighted by Crippen LogP contribution is 2.29. The molecule has 1 aliphatic heterocycles. The fourth-order valence-corrected chi connectivity index (χ4v) is 2.96. The molecule has 1 N–H and O–H groups in total. The maximum absolute atomic E-state index is 12.4. The van der Waals surface area contributed by atoms with Crippen LogP contribution in [0.3, 0.4) is 0 Å². The second-order valence-corrected chi connectivity index (χ2v) is 5.60. The molecule has 1 aromatic heterocycles. The highest BCUT2D eigenvalue weighted by Gasteiger charge is 2.26. The quantitative estimate of drug-likeness (QED) is 0.873. The predicted octanol–water partition coefficient (Wildman–Crippen LogP) is 1.50. The molecule has 1 aromatic carbocycles. The second kappa shape index (κ2) is 5.61. The van der Waals surface area contributed by atoms with Crippen LogP contribution in [-0.2, 0) is 16.6 Å². The number of imidazole rings is 1. The van der Waals surface area contributed by atoms with Gasteiger partial charge in [-0.15, -0.1) is 0 Å². The summed E-state index contributed by atoms with van der Waals surface area (Å²) in [5.74, 6) is -0.0405. The minimum absolute atomic E-state index is 0.0526. The molecule has 2 aromatic rings. The number of fused-ring (bicyclic) bond motifs is 1. The van der Waals surface area contributed by atoms with Gasteiger partial charge >= 0.3 is 0 Å². The van der Waals surface area contributed by atoms with Crippen molar-refractivity contribution in [3.63, 3.8) is 0 Å². The van der Waals surface area contributed by atoms with Crippen LogP contribution in [0.1, 0.15) is 0 Å². The first-order valence-electron chi connectivity index (χ1n) is 6.44. The number of aryl methyl sites for hydroxylation is 1. The third-order valence-electron chi connectivity index (χ3n) is 3.17.